The zero-order valence-electron chi connectivity index (χ0n) is 21.8. The molecule has 0 radical (unpaired) electrons. The number of anilines is 1. The molecule has 1 aliphatic rings. The van der Waals surface area contributed by atoms with Crippen LogP contribution in [0.5, 0.6) is 0 Å². The lowest BCUT2D eigenvalue weighted by molar-refractivity contribution is -0.139. The molecule has 2 amide bonds. The van der Waals surface area contributed by atoms with Gasteiger partial charge in [0.05, 0.1) is 22.0 Å². The standard InChI is InChI=1S/C27H35Cl2N3O4S/c1-18-10-13-25(19(2)14-18)32(37(4,35)36)17-26(33)31(16-21-11-12-23(28)24(29)15-21)20(3)27(34)30-22-8-6-5-7-9-22/h10-15,20,22H,5-9,16-17H2,1-4H3,(H,30,34)/t20-/m0/s1. The van der Waals surface area contributed by atoms with Gasteiger partial charge in [-0.2, -0.15) is 0 Å². The quantitative estimate of drug-likeness (QED) is 0.448. The Balaban J connectivity index is 1.91. The SMILES string of the molecule is Cc1ccc(N(CC(=O)N(Cc2ccc(Cl)c(Cl)c2)[C@@H](C)C(=O)NC2CCCCC2)S(C)(=O)=O)c(C)c1. The second kappa shape index (κ2) is 12.5. The number of hydrogen-bond donors (Lipinski definition) is 1. The van der Waals surface area contributed by atoms with Crippen LogP contribution in [0.1, 0.15) is 55.7 Å². The van der Waals surface area contributed by atoms with Crippen LogP contribution in [0.25, 0.3) is 0 Å². The highest BCUT2D eigenvalue weighted by molar-refractivity contribution is 7.92. The molecule has 0 aromatic heterocycles. The highest BCUT2D eigenvalue weighted by Gasteiger charge is 2.31. The van der Waals surface area contributed by atoms with E-state index in [1.165, 1.54) is 4.90 Å². The van der Waals surface area contributed by atoms with E-state index in [4.69, 9.17) is 23.2 Å². The van der Waals surface area contributed by atoms with Crippen LogP contribution in [-0.4, -0.2) is 50.0 Å². The number of halogens is 2. The summed E-state index contributed by atoms with van der Waals surface area (Å²) in [5, 5.41) is 3.79. The van der Waals surface area contributed by atoms with Crippen LogP contribution in [0.4, 0.5) is 5.69 Å². The molecular formula is C27H35Cl2N3O4S. The van der Waals surface area contributed by atoms with Crippen LogP contribution in [0.3, 0.4) is 0 Å². The van der Waals surface area contributed by atoms with Gasteiger partial charge in [0.25, 0.3) is 0 Å². The third-order valence-corrected chi connectivity index (χ3v) is 8.62. The van der Waals surface area contributed by atoms with Crippen molar-refractivity contribution in [1.82, 2.24) is 10.2 Å². The smallest absolute Gasteiger partial charge is 0.244 e. The number of aryl methyl sites for hydroxylation is 2. The van der Waals surface area contributed by atoms with E-state index in [-0.39, 0.29) is 18.5 Å². The van der Waals surface area contributed by atoms with Crippen LogP contribution >= 0.6 is 23.2 Å². The van der Waals surface area contributed by atoms with Gasteiger partial charge < -0.3 is 10.2 Å². The number of nitrogens with one attached hydrogen (secondary N) is 1. The first-order valence-corrected chi connectivity index (χ1v) is 15.1. The number of rotatable bonds is 9. The van der Waals surface area contributed by atoms with Gasteiger partial charge in [-0.25, -0.2) is 8.42 Å². The fraction of sp³-hybridized carbons (Fsp3) is 0.481. The van der Waals surface area contributed by atoms with E-state index in [2.05, 4.69) is 5.32 Å². The summed E-state index contributed by atoms with van der Waals surface area (Å²) in [5.74, 6) is -0.763. The molecule has 1 atom stereocenters. The minimum absolute atomic E-state index is 0.0689. The van der Waals surface area contributed by atoms with Gasteiger partial charge in [-0.05, 0) is 62.9 Å². The van der Waals surface area contributed by atoms with E-state index in [1.54, 1.807) is 44.2 Å². The summed E-state index contributed by atoms with van der Waals surface area (Å²) in [7, 11) is -3.79. The summed E-state index contributed by atoms with van der Waals surface area (Å²) in [6, 6.07) is 9.63. The predicted octanol–water partition coefficient (Wildman–Crippen LogP) is 5.24. The number of carbonyl (C=O) groups is 2. The number of carbonyl (C=O) groups excluding carboxylic acids is 2. The molecule has 2 aromatic carbocycles. The zero-order chi connectivity index (χ0) is 27.3. The largest absolute Gasteiger partial charge is 0.352 e. The van der Waals surface area contributed by atoms with Gasteiger partial charge in [-0.15, -0.1) is 0 Å². The van der Waals surface area contributed by atoms with Crippen molar-refractivity contribution < 1.29 is 18.0 Å². The molecule has 0 saturated heterocycles. The molecule has 0 aliphatic heterocycles. The van der Waals surface area contributed by atoms with Crippen molar-refractivity contribution in [2.45, 2.75) is 71.5 Å². The Morgan fingerprint density at radius 3 is 2.30 bits per heavy atom. The molecule has 7 nitrogen and oxygen atoms in total. The van der Waals surface area contributed by atoms with Crippen LogP contribution < -0.4 is 9.62 Å². The molecule has 1 N–H and O–H groups in total. The maximum atomic E-state index is 13.7. The van der Waals surface area contributed by atoms with Crippen LogP contribution in [0, 0.1) is 13.8 Å². The van der Waals surface area contributed by atoms with E-state index >= 15 is 0 Å². The minimum Gasteiger partial charge on any atom is -0.352 e. The maximum absolute atomic E-state index is 13.7. The average molecular weight is 569 g/mol. The van der Waals surface area contributed by atoms with Crippen molar-refractivity contribution in [2.75, 3.05) is 17.1 Å². The van der Waals surface area contributed by atoms with Crippen LogP contribution in [0.2, 0.25) is 10.0 Å². The second-order valence-electron chi connectivity index (χ2n) is 9.85. The lowest BCUT2D eigenvalue weighted by atomic mass is 9.95. The van der Waals surface area contributed by atoms with E-state index in [9.17, 15) is 18.0 Å². The Bertz CT molecular complexity index is 1250. The molecule has 1 fully saturated rings. The highest BCUT2D eigenvalue weighted by Crippen LogP contribution is 2.26. The van der Waals surface area contributed by atoms with Gasteiger partial charge in [0.15, 0.2) is 0 Å². The molecule has 37 heavy (non-hydrogen) atoms. The van der Waals surface area contributed by atoms with Crippen LogP contribution in [-0.2, 0) is 26.2 Å². The maximum Gasteiger partial charge on any atom is 0.244 e. The fourth-order valence-corrected chi connectivity index (χ4v) is 5.89. The Hall–Kier alpha value is -2.29. The second-order valence-corrected chi connectivity index (χ2v) is 12.6. The van der Waals surface area contributed by atoms with Crippen molar-refractivity contribution in [3.05, 3.63) is 63.1 Å². The first kappa shape index (κ1) is 29.3. The predicted molar refractivity (Wildman–Crippen MR) is 150 cm³/mol. The van der Waals surface area contributed by atoms with Crippen molar-refractivity contribution in [3.8, 4) is 0 Å². The number of sulfonamides is 1. The average Bonchev–Trinajstić information content (AvgIpc) is 2.83. The fourth-order valence-electron chi connectivity index (χ4n) is 4.67. The Morgan fingerprint density at radius 1 is 1.03 bits per heavy atom. The molecule has 3 rings (SSSR count). The lowest BCUT2D eigenvalue weighted by Gasteiger charge is -2.33. The summed E-state index contributed by atoms with van der Waals surface area (Å²) < 4.78 is 26.7. The van der Waals surface area contributed by atoms with E-state index in [1.807, 2.05) is 13.0 Å². The Kier molecular flexibility index (Phi) is 9.89. The van der Waals surface area contributed by atoms with Gasteiger partial charge in [0, 0.05) is 12.6 Å². The normalized spacial score (nSPS) is 15.2. The summed E-state index contributed by atoms with van der Waals surface area (Å²) >= 11 is 12.3. The van der Waals surface area contributed by atoms with Gasteiger partial charge in [0.1, 0.15) is 12.6 Å². The number of nitrogens with zero attached hydrogens (tertiary/aromatic N) is 2. The topological polar surface area (TPSA) is 86.8 Å². The molecule has 2 aromatic rings. The van der Waals surface area contributed by atoms with E-state index in [0.29, 0.717) is 21.3 Å². The zero-order valence-corrected chi connectivity index (χ0v) is 24.1. The summed E-state index contributed by atoms with van der Waals surface area (Å²) in [6.45, 7) is 5.01. The molecular weight excluding hydrogens is 533 g/mol. The highest BCUT2D eigenvalue weighted by atomic mass is 35.5. The van der Waals surface area contributed by atoms with E-state index in [0.717, 1.165) is 53.8 Å². The molecule has 0 unspecified atom stereocenters. The first-order chi connectivity index (χ1) is 17.4. The summed E-state index contributed by atoms with van der Waals surface area (Å²) in [5.41, 5.74) is 2.82. The number of benzene rings is 2. The third kappa shape index (κ3) is 7.85. The monoisotopic (exact) mass is 567 g/mol. The number of hydrogen-bond acceptors (Lipinski definition) is 4. The van der Waals surface area contributed by atoms with Gasteiger partial charge in [0.2, 0.25) is 21.8 Å². The van der Waals surface area contributed by atoms with E-state index < -0.39 is 28.5 Å². The van der Waals surface area contributed by atoms with Gasteiger partial charge in [-0.1, -0.05) is 66.2 Å². The molecule has 0 spiro atoms. The van der Waals surface area contributed by atoms with Crippen molar-refractivity contribution in [1.29, 1.82) is 0 Å². The third-order valence-electron chi connectivity index (χ3n) is 6.76. The molecule has 1 saturated carbocycles. The Morgan fingerprint density at radius 2 is 1.70 bits per heavy atom. The van der Waals surface area contributed by atoms with Crippen molar-refractivity contribution in [3.63, 3.8) is 0 Å². The number of amides is 2. The van der Waals surface area contributed by atoms with Gasteiger partial charge >= 0.3 is 0 Å². The van der Waals surface area contributed by atoms with Crippen LogP contribution in [0.15, 0.2) is 36.4 Å². The molecule has 1 aliphatic carbocycles. The lowest BCUT2D eigenvalue weighted by Crippen LogP contribution is -2.53. The van der Waals surface area contributed by atoms with Crippen molar-refractivity contribution in [2.24, 2.45) is 0 Å². The van der Waals surface area contributed by atoms with Gasteiger partial charge in [-0.3, -0.25) is 13.9 Å². The first-order valence-electron chi connectivity index (χ1n) is 12.5. The molecule has 202 valence electrons. The molecule has 10 heteroatoms. The van der Waals surface area contributed by atoms with Crippen molar-refractivity contribution >= 4 is 50.7 Å². The summed E-state index contributed by atoms with van der Waals surface area (Å²) in [4.78, 5) is 28.4. The molecule has 0 heterocycles. The minimum atomic E-state index is -3.79. The molecule has 0 bridgehead atoms. The Labute approximate surface area is 230 Å². The summed E-state index contributed by atoms with van der Waals surface area (Å²) in [6.07, 6.45) is 6.17.